The number of carbonyl (C=O) groups is 1. The highest BCUT2D eigenvalue weighted by Crippen LogP contribution is 2.44. The third-order valence-electron chi connectivity index (χ3n) is 4.49. The molecule has 0 unspecified atom stereocenters. The number of hydrogen-bond donors (Lipinski definition) is 2. The molecule has 0 saturated heterocycles. The van der Waals surface area contributed by atoms with Crippen molar-refractivity contribution >= 4 is 72.1 Å². The van der Waals surface area contributed by atoms with Crippen LogP contribution in [0, 0.1) is 0 Å². The van der Waals surface area contributed by atoms with Gasteiger partial charge in [0.05, 0.1) is 11.1 Å². The number of rotatable bonds is 4. The van der Waals surface area contributed by atoms with Gasteiger partial charge in [0.2, 0.25) is 0 Å². The minimum atomic E-state index is 0. The van der Waals surface area contributed by atoms with E-state index in [9.17, 15) is 9.90 Å². The third kappa shape index (κ3) is 4.87. The zero-order chi connectivity index (χ0) is 17.6. The van der Waals surface area contributed by atoms with Crippen molar-refractivity contribution in [3.8, 4) is 16.9 Å². The van der Waals surface area contributed by atoms with Crippen molar-refractivity contribution in [1.82, 2.24) is 9.88 Å². The minimum Gasteiger partial charge on any atom is -0.508 e. The van der Waals surface area contributed by atoms with Crippen LogP contribution in [0.15, 0.2) is 42.5 Å². The summed E-state index contributed by atoms with van der Waals surface area (Å²) in [5.41, 5.74) is 3.83. The third-order valence-corrected chi connectivity index (χ3v) is 4.49. The minimum absolute atomic E-state index is 0. The van der Waals surface area contributed by atoms with E-state index in [0.717, 1.165) is 23.1 Å². The quantitative estimate of drug-likeness (QED) is 0.440. The van der Waals surface area contributed by atoms with E-state index in [0.29, 0.717) is 29.0 Å². The van der Waals surface area contributed by atoms with Crippen molar-refractivity contribution in [3.63, 3.8) is 0 Å². The number of carbonyl (C=O) groups excluding carboxylic acids is 1. The monoisotopic (exact) mass is 477 g/mol. The zero-order valence-corrected chi connectivity index (χ0v) is 19.1. The van der Waals surface area contributed by atoms with Gasteiger partial charge in [0.1, 0.15) is 11.6 Å². The molecule has 0 atom stereocenters. The van der Waals surface area contributed by atoms with Crippen molar-refractivity contribution in [2.45, 2.75) is 0 Å². The molecule has 0 bridgehead atoms. The van der Waals surface area contributed by atoms with E-state index >= 15 is 0 Å². The van der Waals surface area contributed by atoms with Crippen LogP contribution < -0.4 is 5.32 Å². The van der Waals surface area contributed by atoms with Crippen LogP contribution in [0.1, 0.15) is 15.9 Å². The lowest BCUT2D eigenvalue weighted by Crippen LogP contribution is -2.22. The Morgan fingerprint density at radius 1 is 0.966 bits per heavy atom. The number of nitrogens with one attached hydrogen (secondary N) is 1. The number of benzene rings is 2. The molecule has 1 aliphatic rings. The van der Waals surface area contributed by atoms with Crippen LogP contribution in [0.25, 0.3) is 22.0 Å². The second-order valence-electron chi connectivity index (χ2n) is 6.52. The highest BCUT2D eigenvalue weighted by atomic mass is 35.5. The number of pyridine rings is 1. The molecule has 158 valence electrons. The predicted octanol–water partition coefficient (Wildman–Crippen LogP) is 4.81. The average molecular weight is 479 g/mol. The number of nitrogens with zero attached hydrogens (tertiary/aromatic N) is 2. The molecule has 3 aromatic rings. The first-order chi connectivity index (χ1) is 12.1. The van der Waals surface area contributed by atoms with Gasteiger partial charge in [-0.3, -0.25) is 4.79 Å². The largest absolute Gasteiger partial charge is 0.508 e. The average Bonchev–Trinajstić information content (AvgIpc) is 2.88. The second kappa shape index (κ2) is 10.9. The molecule has 1 heterocycles. The van der Waals surface area contributed by atoms with Crippen molar-refractivity contribution in [3.05, 3.63) is 53.6 Å². The highest BCUT2D eigenvalue weighted by Gasteiger charge is 2.31. The Labute approximate surface area is 194 Å². The van der Waals surface area contributed by atoms with Crippen LogP contribution in [0.5, 0.6) is 5.75 Å². The molecular formula is C20H23Cl4N3O2. The van der Waals surface area contributed by atoms with Gasteiger partial charge in [0, 0.05) is 35.7 Å². The normalized spacial score (nSPS) is 10.8. The number of aromatic nitrogens is 1. The molecule has 0 radical (unpaired) electrons. The number of likely N-dealkylation sites (N-methyl/N-ethyl adjacent to an activating group) is 1. The number of ketones is 1. The smallest absolute Gasteiger partial charge is 0.198 e. The molecule has 29 heavy (non-hydrogen) atoms. The first kappa shape index (κ1) is 27.2. The summed E-state index contributed by atoms with van der Waals surface area (Å²) >= 11 is 0. The molecule has 5 nitrogen and oxygen atoms in total. The van der Waals surface area contributed by atoms with E-state index in [1.165, 1.54) is 0 Å². The number of anilines is 1. The van der Waals surface area contributed by atoms with Crippen molar-refractivity contribution in [1.29, 1.82) is 0 Å². The Morgan fingerprint density at radius 2 is 1.62 bits per heavy atom. The van der Waals surface area contributed by atoms with Gasteiger partial charge in [0.15, 0.2) is 5.78 Å². The second-order valence-corrected chi connectivity index (χ2v) is 6.52. The Hall–Kier alpha value is -1.76. The van der Waals surface area contributed by atoms with Crippen LogP contribution in [0.3, 0.4) is 0 Å². The summed E-state index contributed by atoms with van der Waals surface area (Å²) in [6, 6.07) is 12.7. The number of phenols is 1. The van der Waals surface area contributed by atoms with Crippen LogP contribution in [-0.4, -0.2) is 48.0 Å². The van der Waals surface area contributed by atoms with Gasteiger partial charge >= 0.3 is 0 Å². The fourth-order valence-electron chi connectivity index (χ4n) is 3.31. The zero-order valence-electron chi connectivity index (χ0n) is 15.8. The fraction of sp³-hybridized carbons (Fsp3) is 0.200. The molecule has 1 aliphatic carbocycles. The predicted molar refractivity (Wildman–Crippen MR) is 128 cm³/mol. The Morgan fingerprint density at radius 3 is 2.28 bits per heavy atom. The summed E-state index contributed by atoms with van der Waals surface area (Å²) < 4.78 is 0. The van der Waals surface area contributed by atoms with Gasteiger partial charge in [-0.25, -0.2) is 4.98 Å². The van der Waals surface area contributed by atoms with Crippen LogP contribution in [0.4, 0.5) is 5.82 Å². The van der Waals surface area contributed by atoms with Gasteiger partial charge in [-0.15, -0.1) is 49.6 Å². The Kier molecular flexibility index (Phi) is 10.2. The number of hydrogen-bond acceptors (Lipinski definition) is 5. The number of phenolic OH excluding ortho intramolecular Hbond substituents is 1. The molecule has 0 amide bonds. The SMILES string of the molecule is CN(C)CCNc1nc2cc(O)ccc2c2c1C(=O)c1ccccc1-2.Cl.Cl.Cl.Cl. The lowest BCUT2D eigenvalue weighted by Gasteiger charge is -2.15. The summed E-state index contributed by atoms with van der Waals surface area (Å²) in [5.74, 6) is 0.744. The summed E-state index contributed by atoms with van der Waals surface area (Å²) in [6.45, 7) is 1.51. The topological polar surface area (TPSA) is 65.5 Å². The van der Waals surface area contributed by atoms with Crippen molar-refractivity contribution in [2.75, 3.05) is 32.5 Å². The van der Waals surface area contributed by atoms with Crippen molar-refractivity contribution in [2.24, 2.45) is 0 Å². The van der Waals surface area contributed by atoms with Gasteiger partial charge in [0.25, 0.3) is 0 Å². The van der Waals surface area contributed by atoms with E-state index in [1.54, 1.807) is 12.1 Å². The van der Waals surface area contributed by atoms with Gasteiger partial charge in [-0.1, -0.05) is 24.3 Å². The lowest BCUT2D eigenvalue weighted by atomic mass is 10.0. The number of fused-ring (bicyclic) bond motifs is 5. The molecular weight excluding hydrogens is 456 g/mol. The summed E-state index contributed by atoms with van der Waals surface area (Å²) in [4.78, 5) is 19.7. The number of halogens is 4. The molecule has 4 rings (SSSR count). The molecule has 0 aliphatic heterocycles. The summed E-state index contributed by atoms with van der Waals surface area (Å²) in [6.07, 6.45) is 0. The van der Waals surface area contributed by atoms with Gasteiger partial charge in [-0.05, 0) is 31.8 Å². The first-order valence-corrected chi connectivity index (χ1v) is 8.25. The van der Waals surface area contributed by atoms with Crippen LogP contribution in [-0.2, 0) is 0 Å². The number of aromatic hydroxyl groups is 1. The fourth-order valence-corrected chi connectivity index (χ4v) is 3.31. The van der Waals surface area contributed by atoms with E-state index in [4.69, 9.17) is 0 Å². The molecule has 2 N–H and O–H groups in total. The van der Waals surface area contributed by atoms with E-state index in [1.807, 2.05) is 44.4 Å². The van der Waals surface area contributed by atoms with Crippen LogP contribution in [0.2, 0.25) is 0 Å². The van der Waals surface area contributed by atoms with Gasteiger partial charge in [-0.2, -0.15) is 0 Å². The maximum absolute atomic E-state index is 13.0. The molecule has 0 saturated carbocycles. The Balaban J connectivity index is 0.00000196. The lowest BCUT2D eigenvalue weighted by molar-refractivity contribution is 0.104. The van der Waals surface area contributed by atoms with E-state index in [-0.39, 0.29) is 61.2 Å². The molecule has 0 spiro atoms. The Bertz CT molecular complexity index is 1010. The molecule has 1 aromatic heterocycles. The summed E-state index contributed by atoms with van der Waals surface area (Å²) in [7, 11) is 4.00. The highest BCUT2D eigenvalue weighted by molar-refractivity contribution is 6.28. The summed E-state index contributed by atoms with van der Waals surface area (Å²) in [5, 5.41) is 14.0. The first-order valence-electron chi connectivity index (χ1n) is 8.25. The van der Waals surface area contributed by atoms with Crippen molar-refractivity contribution < 1.29 is 9.90 Å². The standard InChI is InChI=1S/C20H19N3O2.4ClH/c1-23(2)10-9-21-20-18-17(13-5-3-4-6-14(13)19(18)25)15-8-7-12(24)11-16(15)22-20;;;;/h3-8,11,24H,9-10H2,1-2H3,(H,21,22);4*1H. The molecule has 9 heteroatoms. The van der Waals surface area contributed by atoms with E-state index in [2.05, 4.69) is 15.2 Å². The molecule has 0 fully saturated rings. The van der Waals surface area contributed by atoms with E-state index < -0.39 is 0 Å². The van der Waals surface area contributed by atoms with Crippen LogP contribution >= 0.6 is 49.6 Å². The van der Waals surface area contributed by atoms with Gasteiger partial charge < -0.3 is 15.3 Å². The maximum atomic E-state index is 13.0. The maximum Gasteiger partial charge on any atom is 0.198 e. The molecule has 2 aromatic carbocycles.